The average Bonchev–Trinajstić information content (AvgIpc) is 2.33. The van der Waals surface area contributed by atoms with Crippen molar-refractivity contribution in [1.29, 1.82) is 0 Å². The molecule has 2 heterocycles. The molecular formula is C12H15N5. The number of anilines is 4. The summed E-state index contributed by atoms with van der Waals surface area (Å²) in [5.41, 5.74) is 8.14. The van der Waals surface area contributed by atoms with Crippen LogP contribution in [0.15, 0.2) is 36.8 Å². The summed E-state index contributed by atoms with van der Waals surface area (Å²) < 4.78 is 0. The largest absolute Gasteiger partial charge is 0.396 e. The van der Waals surface area contributed by atoms with Crippen molar-refractivity contribution < 1.29 is 0 Å². The molecule has 2 aromatic heterocycles. The maximum absolute atomic E-state index is 5.79. The molecule has 0 fully saturated rings. The van der Waals surface area contributed by atoms with E-state index in [1.54, 1.807) is 18.6 Å². The number of hydrogen-bond donors (Lipinski definition) is 2. The van der Waals surface area contributed by atoms with Crippen LogP contribution in [-0.4, -0.2) is 24.1 Å². The SMILES string of the molecule is CN(C)c1ccc(Nc2ccncc2N)cn1. The number of nitrogens with zero attached hydrogens (tertiary/aromatic N) is 3. The fraction of sp³-hybridized carbons (Fsp3) is 0.167. The maximum Gasteiger partial charge on any atom is 0.128 e. The maximum atomic E-state index is 5.79. The molecule has 5 nitrogen and oxygen atoms in total. The van der Waals surface area contributed by atoms with Gasteiger partial charge in [-0.1, -0.05) is 0 Å². The van der Waals surface area contributed by atoms with Crippen LogP contribution in [0.25, 0.3) is 0 Å². The van der Waals surface area contributed by atoms with Gasteiger partial charge in [0.05, 0.1) is 29.5 Å². The fourth-order valence-electron chi connectivity index (χ4n) is 1.40. The molecule has 0 amide bonds. The van der Waals surface area contributed by atoms with Crippen LogP contribution in [0.5, 0.6) is 0 Å². The Kier molecular flexibility index (Phi) is 3.09. The van der Waals surface area contributed by atoms with Crippen molar-refractivity contribution in [3.05, 3.63) is 36.8 Å². The molecule has 0 radical (unpaired) electrons. The topological polar surface area (TPSA) is 67.1 Å². The van der Waals surface area contributed by atoms with Crippen LogP contribution >= 0.6 is 0 Å². The molecule has 0 aliphatic rings. The van der Waals surface area contributed by atoms with E-state index in [0.29, 0.717) is 5.69 Å². The second-order valence-electron chi connectivity index (χ2n) is 3.89. The summed E-state index contributed by atoms with van der Waals surface area (Å²) >= 11 is 0. The average molecular weight is 229 g/mol. The zero-order valence-electron chi connectivity index (χ0n) is 9.88. The van der Waals surface area contributed by atoms with E-state index < -0.39 is 0 Å². The third-order valence-corrected chi connectivity index (χ3v) is 2.34. The number of nitrogen functional groups attached to an aromatic ring is 1. The molecule has 0 spiro atoms. The highest BCUT2D eigenvalue weighted by Crippen LogP contribution is 2.21. The summed E-state index contributed by atoms with van der Waals surface area (Å²) in [6.07, 6.45) is 5.08. The van der Waals surface area contributed by atoms with Gasteiger partial charge in [-0.05, 0) is 18.2 Å². The van der Waals surface area contributed by atoms with Gasteiger partial charge in [0.25, 0.3) is 0 Å². The lowest BCUT2D eigenvalue weighted by Gasteiger charge is -2.12. The lowest BCUT2D eigenvalue weighted by atomic mass is 10.3. The molecule has 0 saturated heterocycles. The fourth-order valence-corrected chi connectivity index (χ4v) is 1.40. The van der Waals surface area contributed by atoms with E-state index >= 15 is 0 Å². The lowest BCUT2D eigenvalue weighted by molar-refractivity contribution is 1.07. The summed E-state index contributed by atoms with van der Waals surface area (Å²) in [4.78, 5) is 10.2. The van der Waals surface area contributed by atoms with E-state index in [0.717, 1.165) is 17.2 Å². The molecule has 3 N–H and O–H groups in total. The number of pyridine rings is 2. The van der Waals surface area contributed by atoms with Gasteiger partial charge in [-0.3, -0.25) is 4.98 Å². The van der Waals surface area contributed by atoms with Crippen molar-refractivity contribution in [3.63, 3.8) is 0 Å². The monoisotopic (exact) mass is 229 g/mol. The Morgan fingerprint density at radius 2 is 2.00 bits per heavy atom. The molecule has 0 unspecified atom stereocenters. The van der Waals surface area contributed by atoms with Crippen molar-refractivity contribution in [2.45, 2.75) is 0 Å². The molecule has 0 aliphatic heterocycles. The number of rotatable bonds is 3. The zero-order valence-corrected chi connectivity index (χ0v) is 9.88. The van der Waals surface area contributed by atoms with Crippen LogP contribution in [0.2, 0.25) is 0 Å². The predicted molar refractivity (Wildman–Crippen MR) is 70.5 cm³/mol. The molecule has 0 atom stereocenters. The first-order valence-electron chi connectivity index (χ1n) is 5.26. The second kappa shape index (κ2) is 4.69. The van der Waals surface area contributed by atoms with Crippen molar-refractivity contribution >= 4 is 22.9 Å². The van der Waals surface area contributed by atoms with Crippen LogP contribution in [0.3, 0.4) is 0 Å². The predicted octanol–water partition coefficient (Wildman–Crippen LogP) is 1.87. The van der Waals surface area contributed by atoms with Gasteiger partial charge in [0.15, 0.2) is 0 Å². The Balaban J connectivity index is 2.17. The third kappa shape index (κ3) is 2.63. The highest BCUT2D eigenvalue weighted by Gasteiger charge is 2.00. The molecule has 2 aromatic rings. The summed E-state index contributed by atoms with van der Waals surface area (Å²) in [6.45, 7) is 0. The van der Waals surface area contributed by atoms with Crippen LogP contribution in [0.1, 0.15) is 0 Å². The van der Waals surface area contributed by atoms with E-state index in [1.807, 2.05) is 37.2 Å². The van der Waals surface area contributed by atoms with E-state index in [-0.39, 0.29) is 0 Å². The Bertz CT molecular complexity index is 493. The number of nitrogens with one attached hydrogen (secondary N) is 1. The van der Waals surface area contributed by atoms with Crippen molar-refractivity contribution in [2.75, 3.05) is 30.0 Å². The normalized spacial score (nSPS) is 10.0. The molecule has 17 heavy (non-hydrogen) atoms. The standard InChI is InChI=1S/C12H15N5/c1-17(2)12-4-3-9(7-15-12)16-11-5-6-14-8-10(11)13/h3-8H,13H2,1-2H3,(H,14,16). The molecule has 88 valence electrons. The second-order valence-corrected chi connectivity index (χ2v) is 3.89. The Morgan fingerprint density at radius 3 is 2.59 bits per heavy atom. The summed E-state index contributed by atoms with van der Waals surface area (Å²) in [7, 11) is 3.91. The summed E-state index contributed by atoms with van der Waals surface area (Å²) in [6, 6.07) is 5.73. The molecule has 5 heteroatoms. The minimum Gasteiger partial charge on any atom is -0.396 e. The van der Waals surface area contributed by atoms with Crippen LogP contribution in [0, 0.1) is 0 Å². The van der Waals surface area contributed by atoms with Gasteiger partial charge < -0.3 is 16.0 Å². The third-order valence-electron chi connectivity index (χ3n) is 2.34. The van der Waals surface area contributed by atoms with Crippen molar-refractivity contribution in [3.8, 4) is 0 Å². The summed E-state index contributed by atoms with van der Waals surface area (Å²) in [5.74, 6) is 0.915. The molecule has 0 aliphatic carbocycles. The first-order chi connectivity index (χ1) is 8.16. The van der Waals surface area contributed by atoms with Gasteiger partial charge in [0.1, 0.15) is 5.82 Å². The number of hydrogen-bond acceptors (Lipinski definition) is 5. The first-order valence-corrected chi connectivity index (χ1v) is 5.26. The van der Waals surface area contributed by atoms with Crippen LogP contribution < -0.4 is 16.0 Å². The van der Waals surface area contributed by atoms with Gasteiger partial charge in [-0.2, -0.15) is 0 Å². The quantitative estimate of drug-likeness (QED) is 0.841. The highest BCUT2D eigenvalue weighted by molar-refractivity contribution is 5.71. The van der Waals surface area contributed by atoms with Crippen LogP contribution in [-0.2, 0) is 0 Å². The number of nitrogens with two attached hydrogens (primary N) is 1. The van der Waals surface area contributed by atoms with Gasteiger partial charge in [-0.25, -0.2) is 4.98 Å². The van der Waals surface area contributed by atoms with Crippen LogP contribution in [0.4, 0.5) is 22.9 Å². The summed E-state index contributed by atoms with van der Waals surface area (Å²) in [5, 5.41) is 3.19. The minimum absolute atomic E-state index is 0.615. The van der Waals surface area contributed by atoms with Crippen molar-refractivity contribution in [2.24, 2.45) is 0 Å². The van der Waals surface area contributed by atoms with E-state index in [1.165, 1.54) is 0 Å². The van der Waals surface area contributed by atoms with E-state index in [9.17, 15) is 0 Å². The minimum atomic E-state index is 0.615. The molecule has 0 bridgehead atoms. The highest BCUT2D eigenvalue weighted by atomic mass is 15.1. The smallest absolute Gasteiger partial charge is 0.128 e. The van der Waals surface area contributed by atoms with Gasteiger partial charge in [0, 0.05) is 20.3 Å². The molecule has 0 saturated carbocycles. The molecule has 0 aromatic carbocycles. The van der Waals surface area contributed by atoms with Gasteiger partial charge in [0.2, 0.25) is 0 Å². The Labute approximate surface area is 100 Å². The van der Waals surface area contributed by atoms with E-state index in [4.69, 9.17) is 5.73 Å². The Morgan fingerprint density at radius 1 is 1.18 bits per heavy atom. The molecule has 2 rings (SSSR count). The first kappa shape index (κ1) is 11.2. The van der Waals surface area contributed by atoms with Gasteiger partial charge in [-0.15, -0.1) is 0 Å². The van der Waals surface area contributed by atoms with E-state index in [2.05, 4.69) is 15.3 Å². The van der Waals surface area contributed by atoms with Gasteiger partial charge >= 0.3 is 0 Å². The number of aromatic nitrogens is 2. The lowest BCUT2D eigenvalue weighted by Crippen LogP contribution is -2.10. The Hall–Kier alpha value is -2.30. The van der Waals surface area contributed by atoms with Crippen molar-refractivity contribution in [1.82, 2.24) is 9.97 Å². The molecular weight excluding hydrogens is 214 g/mol. The zero-order chi connectivity index (χ0) is 12.3.